The zero-order valence-electron chi connectivity index (χ0n) is 17.8. The molecule has 0 radical (unpaired) electrons. The molecule has 3 rings (SSSR count). The number of amides is 2. The zero-order chi connectivity index (χ0) is 21.0. The monoisotopic (exact) mass is 393 g/mol. The first-order chi connectivity index (χ1) is 13.9. The predicted octanol–water partition coefficient (Wildman–Crippen LogP) is 3.41. The third kappa shape index (κ3) is 4.78. The quantitative estimate of drug-likeness (QED) is 0.847. The fourth-order valence-corrected chi connectivity index (χ4v) is 3.77. The van der Waals surface area contributed by atoms with Gasteiger partial charge < -0.3 is 15.1 Å². The van der Waals surface area contributed by atoms with E-state index in [1.165, 1.54) is 16.8 Å². The highest BCUT2D eigenvalue weighted by atomic mass is 16.2. The minimum absolute atomic E-state index is 0.00453. The average molecular weight is 394 g/mol. The Hall–Kier alpha value is -2.82. The molecule has 5 nitrogen and oxygen atoms in total. The summed E-state index contributed by atoms with van der Waals surface area (Å²) in [6, 6.07) is 14.9. The van der Waals surface area contributed by atoms with E-state index in [0.29, 0.717) is 18.7 Å². The van der Waals surface area contributed by atoms with Crippen molar-refractivity contribution in [3.05, 3.63) is 65.2 Å². The van der Waals surface area contributed by atoms with Crippen molar-refractivity contribution >= 4 is 17.5 Å². The lowest BCUT2D eigenvalue weighted by molar-refractivity contribution is -0.134. The molecule has 0 aliphatic carbocycles. The Morgan fingerprint density at radius 1 is 0.897 bits per heavy atom. The second kappa shape index (κ2) is 9.12. The highest BCUT2D eigenvalue weighted by molar-refractivity contribution is 5.97. The van der Waals surface area contributed by atoms with E-state index in [1.54, 1.807) is 12.1 Å². The third-order valence-electron chi connectivity index (χ3n) is 5.76. The second-order valence-corrected chi connectivity index (χ2v) is 8.09. The molecule has 0 bridgehead atoms. The van der Waals surface area contributed by atoms with E-state index in [1.807, 2.05) is 36.9 Å². The van der Waals surface area contributed by atoms with Crippen LogP contribution in [0.25, 0.3) is 0 Å². The minimum atomic E-state index is -0.519. The highest BCUT2D eigenvalue weighted by Gasteiger charge is 2.31. The Morgan fingerprint density at radius 3 is 2.17 bits per heavy atom. The fraction of sp³-hybridized carbons (Fsp3) is 0.417. The van der Waals surface area contributed by atoms with Gasteiger partial charge in [0.15, 0.2) is 0 Å². The number of benzene rings is 2. The maximum atomic E-state index is 13.2. The topological polar surface area (TPSA) is 52.6 Å². The van der Waals surface area contributed by atoms with E-state index in [4.69, 9.17) is 0 Å². The van der Waals surface area contributed by atoms with Crippen LogP contribution in [0.3, 0.4) is 0 Å². The molecule has 1 heterocycles. The summed E-state index contributed by atoms with van der Waals surface area (Å²) in [6.07, 6.45) is 0. The normalized spacial score (nSPS) is 15.3. The number of hydrogen-bond donors (Lipinski definition) is 1. The lowest BCUT2D eigenvalue weighted by Crippen LogP contribution is -2.56. The molecule has 5 heteroatoms. The van der Waals surface area contributed by atoms with Gasteiger partial charge in [-0.2, -0.15) is 0 Å². The summed E-state index contributed by atoms with van der Waals surface area (Å²) in [5.41, 5.74) is 4.40. The summed E-state index contributed by atoms with van der Waals surface area (Å²) >= 11 is 0. The van der Waals surface area contributed by atoms with Gasteiger partial charge in [-0.15, -0.1) is 0 Å². The van der Waals surface area contributed by atoms with Crippen LogP contribution in [-0.2, 0) is 4.79 Å². The molecule has 0 spiro atoms. The van der Waals surface area contributed by atoms with Crippen LogP contribution in [-0.4, -0.2) is 48.9 Å². The Labute approximate surface area is 173 Å². The van der Waals surface area contributed by atoms with Gasteiger partial charge in [-0.1, -0.05) is 44.2 Å². The van der Waals surface area contributed by atoms with Gasteiger partial charge in [0, 0.05) is 37.4 Å². The van der Waals surface area contributed by atoms with Crippen LogP contribution in [0.4, 0.5) is 5.69 Å². The molecule has 154 valence electrons. The van der Waals surface area contributed by atoms with E-state index >= 15 is 0 Å². The van der Waals surface area contributed by atoms with Crippen LogP contribution in [0, 0.1) is 19.8 Å². The van der Waals surface area contributed by atoms with Crippen molar-refractivity contribution in [1.82, 2.24) is 10.2 Å². The molecule has 2 amide bonds. The van der Waals surface area contributed by atoms with E-state index in [-0.39, 0.29) is 17.7 Å². The first-order valence-corrected chi connectivity index (χ1v) is 10.3. The van der Waals surface area contributed by atoms with Gasteiger partial charge >= 0.3 is 0 Å². The van der Waals surface area contributed by atoms with Crippen LogP contribution >= 0.6 is 0 Å². The first-order valence-electron chi connectivity index (χ1n) is 10.3. The number of nitrogens with zero attached hydrogens (tertiary/aromatic N) is 2. The lowest BCUT2D eigenvalue weighted by Gasteiger charge is -2.39. The molecular weight excluding hydrogens is 362 g/mol. The van der Waals surface area contributed by atoms with Gasteiger partial charge in [0.1, 0.15) is 6.04 Å². The first kappa shape index (κ1) is 20.9. The molecule has 1 aliphatic rings. The van der Waals surface area contributed by atoms with E-state index in [2.05, 4.69) is 42.3 Å². The molecule has 29 heavy (non-hydrogen) atoms. The number of hydrogen-bond acceptors (Lipinski definition) is 3. The molecule has 2 aromatic rings. The van der Waals surface area contributed by atoms with Crippen LogP contribution in [0.5, 0.6) is 0 Å². The molecule has 0 aromatic heterocycles. The molecular formula is C24H31N3O2. The number of piperazine rings is 1. The van der Waals surface area contributed by atoms with Crippen molar-refractivity contribution in [3.8, 4) is 0 Å². The average Bonchev–Trinajstić information content (AvgIpc) is 2.74. The van der Waals surface area contributed by atoms with Gasteiger partial charge in [0.25, 0.3) is 5.91 Å². The predicted molar refractivity (Wildman–Crippen MR) is 117 cm³/mol. The summed E-state index contributed by atoms with van der Waals surface area (Å²) in [6.45, 7) is 11.1. The van der Waals surface area contributed by atoms with Crippen molar-refractivity contribution in [2.45, 2.75) is 33.7 Å². The number of aryl methyl sites for hydroxylation is 1. The van der Waals surface area contributed by atoms with Gasteiger partial charge in [-0.05, 0) is 49.1 Å². The SMILES string of the molecule is Cc1cccc(N2CCN(C(=O)[C@H](NC(=O)c3ccccc3)C(C)C)CC2)c1C. The van der Waals surface area contributed by atoms with Crippen LogP contribution < -0.4 is 10.2 Å². The molecule has 1 saturated heterocycles. The van der Waals surface area contributed by atoms with Crippen molar-refractivity contribution in [2.24, 2.45) is 5.92 Å². The largest absolute Gasteiger partial charge is 0.368 e. The van der Waals surface area contributed by atoms with Gasteiger partial charge in [0.2, 0.25) is 5.91 Å². The van der Waals surface area contributed by atoms with Crippen molar-refractivity contribution in [1.29, 1.82) is 0 Å². The molecule has 1 atom stereocenters. The van der Waals surface area contributed by atoms with Crippen LogP contribution in [0.1, 0.15) is 35.3 Å². The molecule has 1 N–H and O–H groups in total. The smallest absolute Gasteiger partial charge is 0.251 e. The summed E-state index contributed by atoms with van der Waals surface area (Å²) in [7, 11) is 0. The Morgan fingerprint density at radius 2 is 1.55 bits per heavy atom. The molecule has 0 unspecified atom stereocenters. The number of carbonyl (C=O) groups excluding carboxylic acids is 2. The standard InChI is InChI=1S/C24H31N3O2/c1-17(2)22(25-23(28)20-10-6-5-7-11-20)24(29)27-15-13-26(14-16-27)21-12-8-9-18(3)19(21)4/h5-12,17,22H,13-16H2,1-4H3,(H,25,28)/t22-/m1/s1. The molecule has 1 fully saturated rings. The highest BCUT2D eigenvalue weighted by Crippen LogP contribution is 2.24. The van der Waals surface area contributed by atoms with Gasteiger partial charge in [-0.3, -0.25) is 9.59 Å². The van der Waals surface area contributed by atoms with Crippen molar-refractivity contribution < 1.29 is 9.59 Å². The third-order valence-corrected chi connectivity index (χ3v) is 5.76. The fourth-order valence-electron chi connectivity index (χ4n) is 3.77. The Kier molecular flexibility index (Phi) is 6.57. The molecule has 2 aromatic carbocycles. The minimum Gasteiger partial charge on any atom is -0.368 e. The van der Waals surface area contributed by atoms with E-state index < -0.39 is 6.04 Å². The van der Waals surface area contributed by atoms with E-state index in [0.717, 1.165) is 13.1 Å². The maximum Gasteiger partial charge on any atom is 0.251 e. The van der Waals surface area contributed by atoms with Crippen molar-refractivity contribution in [3.63, 3.8) is 0 Å². The second-order valence-electron chi connectivity index (χ2n) is 8.09. The number of anilines is 1. The summed E-state index contributed by atoms with van der Waals surface area (Å²) in [4.78, 5) is 30.0. The summed E-state index contributed by atoms with van der Waals surface area (Å²) in [5, 5.41) is 2.95. The summed E-state index contributed by atoms with van der Waals surface area (Å²) in [5.74, 6) is -0.177. The van der Waals surface area contributed by atoms with Crippen LogP contribution in [0.15, 0.2) is 48.5 Å². The zero-order valence-corrected chi connectivity index (χ0v) is 17.8. The summed E-state index contributed by atoms with van der Waals surface area (Å²) < 4.78 is 0. The molecule has 0 saturated carbocycles. The van der Waals surface area contributed by atoms with Gasteiger partial charge in [0.05, 0.1) is 0 Å². The van der Waals surface area contributed by atoms with Crippen molar-refractivity contribution in [2.75, 3.05) is 31.1 Å². The van der Waals surface area contributed by atoms with Gasteiger partial charge in [-0.25, -0.2) is 0 Å². The molecule has 1 aliphatic heterocycles. The lowest BCUT2D eigenvalue weighted by atomic mass is 10.0. The Bertz CT molecular complexity index is 856. The van der Waals surface area contributed by atoms with E-state index in [9.17, 15) is 9.59 Å². The Balaban J connectivity index is 1.64. The maximum absolute atomic E-state index is 13.2. The number of carbonyl (C=O) groups is 2. The number of rotatable bonds is 5. The van der Waals surface area contributed by atoms with Crippen LogP contribution in [0.2, 0.25) is 0 Å². The number of nitrogens with one attached hydrogen (secondary N) is 1.